The van der Waals surface area contributed by atoms with Crippen LogP contribution in [0.5, 0.6) is 0 Å². The fourth-order valence-electron chi connectivity index (χ4n) is 3.21. The molecule has 0 saturated carbocycles. The lowest BCUT2D eigenvalue weighted by Crippen LogP contribution is -2.42. The smallest absolute Gasteiger partial charge is 0.124 e. The average molecular weight is 334 g/mol. The molecule has 0 aliphatic heterocycles. The minimum absolute atomic E-state index is 0.220. The minimum atomic E-state index is -0.387. The van der Waals surface area contributed by atoms with Gasteiger partial charge in [-0.25, -0.2) is 4.39 Å². The van der Waals surface area contributed by atoms with Gasteiger partial charge in [-0.05, 0) is 60.6 Å². The number of fused-ring (bicyclic) bond motifs is 1. The van der Waals surface area contributed by atoms with Crippen LogP contribution >= 0.6 is 15.9 Å². The monoisotopic (exact) mass is 333 g/mol. The maximum atomic E-state index is 13.5. The van der Waals surface area contributed by atoms with Crippen molar-refractivity contribution in [3.8, 4) is 0 Å². The largest absolute Gasteiger partial charge is 0.321 e. The van der Waals surface area contributed by atoms with E-state index in [2.05, 4.69) is 34.1 Å². The van der Waals surface area contributed by atoms with Gasteiger partial charge in [0.25, 0.3) is 0 Å². The second-order valence-electron chi connectivity index (χ2n) is 5.62. The molecule has 20 heavy (non-hydrogen) atoms. The predicted molar refractivity (Wildman–Crippen MR) is 83.0 cm³/mol. The zero-order chi connectivity index (χ0) is 14.2. The fourth-order valence-corrected chi connectivity index (χ4v) is 3.73. The summed E-state index contributed by atoms with van der Waals surface area (Å²) in [5.41, 5.74) is 9.76. The molecule has 2 N–H and O–H groups in total. The van der Waals surface area contributed by atoms with E-state index in [9.17, 15) is 4.39 Å². The summed E-state index contributed by atoms with van der Waals surface area (Å²) in [5.74, 6) is -0.220. The Morgan fingerprint density at radius 2 is 2.00 bits per heavy atom. The number of halogens is 2. The summed E-state index contributed by atoms with van der Waals surface area (Å²) in [6, 6.07) is 13.4. The molecule has 3 rings (SSSR count). The van der Waals surface area contributed by atoms with Gasteiger partial charge >= 0.3 is 0 Å². The third-order valence-corrected chi connectivity index (χ3v) is 4.52. The first-order valence-corrected chi connectivity index (χ1v) is 7.68. The normalized spacial score (nSPS) is 21.6. The van der Waals surface area contributed by atoms with Crippen molar-refractivity contribution < 1.29 is 4.39 Å². The van der Waals surface area contributed by atoms with Gasteiger partial charge in [-0.3, -0.25) is 0 Å². The van der Waals surface area contributed by atoms with Crippen LogP contribution in [0.25, 0.3) is 0 Å². The summed E-state index contributed by atoms with van der Waals surface area (Å²) in [5, 5.41) is 0. The van der Waals surface area contributed by atoms with Crippen LogP contribution in [0.1, 0.15) is 29.5 Å². The molecule has 0 heterocycles. The van der Waals surface area contributed by atoms with Crippen LogP contribution in [0.4, 0.5) is 4.39 Å². The highest BCUT2D eigenvalue weighted by Crippen LogP contribution is 2.36. The highest BCUT2D eigenvalue weighted by Gasteiger charge is 2.32. The summed E-state index contributed by atoms with van der Waals surface area (Å²) in [6.45, 7) is 0. The van der Waals surface area contributed by atoms with Crippen LogP contribution in [0.3, 0.4) is 0 Å². The van der Waals surface area contributed by atoms with E-state index in [1.807, 2.05) is 12.1 Å². The summed E-state index contributed by atoms with van der Waals surface area (Å²) in [6.07, 6.45) is 3.78. The molecule has 0 bridgehead atoms. The van der Waals surface area contributed by atoms with Gasteiger partial charge in [0.15, 0.2) is 0 Å². The molecule has 0 aromatic heterocycles. The van der Waals surface area contributed by atoms with Crippen LogP contribution < -0.4 is 5.73 Å². The first kappa shape index (κ1) is 13.8. The van der Waals surface area contributed by atoms with Gasteiger partial charge in [0, 0.05) is 10.0 Å². The van der Waals surface area contributed by atoms with Crippen molar-refractivity contribution in [2.24, 2.45) is 5.73 Å². The quantitative estimate of drug-likeness (QED) is 0.870. The van der Waals surface area contributed by atoms with Gasteiger partial charge in [0.05, 0.1) is 0 Å². The van der Waals surface area contributed by atoms with E-state index < -0.39 is 0 Å². The molecule has 0 spiro atoms. The van der Waals surface area contributed by atoms with Gasteiger partial charge in [0.2, 0.25) is 0 Å². The maximum Gasteiger partial charge on any atom is 0.124 e. The zero-order valence-electron chi connectivity index (χ0n) is 11.2. The van der Waals surface area contributed by atoms with E-state index in [0.717, 1.165) is 29.3 Å². The second kappa shape index (κ2) is 5.30. The van der Waals surface area contributed by atoms with Crippen molar-refractivity contribution in [1.82, 2.24) is 0 Å². The standard InChI is InChI=1S/C17H17BrFN/c18-14-8-12(9-15(19)10-14)11-17(20)7-3-5-13-4-1-2-6-16(13)17/h1-2,4,6,8-10H,3,5,7,11,20H2. The van der Waals surface area contributed by atoms with Crippen molar-refractivity contribution in [3.63, 3.8) is 0 Å². The first-order chi connectivity index (χ1) is 9.57. The Bertz CT molecular complexity index is 620. The fraction of sp³-hybridized carbons (Fsp3) is 0.294. The van der Waals surface area contributed by atoms with E-state index in [-0.39, 0.29) is 11.4 Å². The lowest BCUT2D eigenvalue weighted by atomic mass is 9.74. The van der Waals surface area contributed by atoms with E-state index in [4.69, 9.17) is 5.73 Å². The maximum absolute atomic E-state index is 13.5. The summed E-state index contributed by atoms with van der Waals surface area (Å²) >= 11 is 3.35. The molecular formula is C17H17BrFN. The lowest BCUT2D eigenvalue weighted by molar-refractivity contribution is 0.369. The van der Waals surface area contributed by atoms with Crippen LogP contribution in [-0.4, -0.2) is 0 Å². The molecule has 0 fully saturated rings. The molecule has 0 saturated heterocycles. The molecule has 1 nitrogen and oxygen atoms in total. The van der Waals surface area contributed by atoms with Crippen LogP contribution in [-0.2, 0) is 18.4 Å². The summed E-state index contributed by atoms with van der Waals surface area (Å²) in [7, 11) is 0. The average Bonchev–Trinajstić information content (AvgIpc) is 2.37. The van der Waals surface area contributed by atoms with Crippen LogP contribution in [0, 0.1) is 5.82 Å². The Balaban J connectivity index is 1.97. The molecule has 2 aromatic carbocycles. The Hall–Kier alpha value is -1.19. The van der Waals surface area contributed by atoms with Gasteiger partial charge in [-0.1, -0.05) is 40.2 Å². The van der Waals surface area contributed by atoms with E-state index in [0.29, 0.717) is 6.42 Å². The number of hydrogen-bond donors (Lipinski definition) is 1. The van der Waals surface area contributed by atoms with Crippen molar-refractivity contribution in [2.45, 2.75) is 31.2 Å². The highest BCUT2D eigenvalue weighted by molar-refractivity contribution is 9.10. The molecule has 2 aromatic rings. The third kappa shape index (κ3) is 2.65. The topological polar surface area (TPSA) is 26.0 Å². The van der Waals surface area contributed by atoms with Gasteiger partial charge in [-0.15, -0.1) is 0 Å². The van der Waals surface area contributed by atoms with E-state index >= 15 is 0 Å². The lowest BCUT2D eigenvalue weighted by Gasteiger charge is -2.36. The zero-order valence-corrected chi connectivity index (χ0v) is 12.8. The Kier molecular flexibility index (Phi) is 3.65. The van der Waals surface area contributed by atoms with E-state index in [1.165, 1.54) is 17.2 Å². The van der Waals surface area contributed by atoms with Crippen LogP contribution in [0.2, 0.25) is 0 Å². The minimum Gasteiger partial charge on any atom is -0.321 e. The van der Waals surface area contributed by atoms with Gasteiger partial charge in [0.1, 0.15) is 5.82 Å². The van der Waals surface area contributed by atoms with Crippen molar-refractivity contribution in [3.05, 3.63) is 69.4 Å². The number of rotatable bonds is 2. The number of nitrogens with two attached hydrogens (primary N) is 1. The predicted octanol–water partition coefficient (Wildman–Crippen LogP) is 4.32. The molecule has 1 aliphatic carbocycles. The molecule has 0 radical (unpaired) electrons. The molecule has 1 aliphatic rings. The number of benzene rings is 2. The molecule has 1 atom stereocenters. The number of aryl methyl sites for hydroxylation is 1. The Morgan fingerprint density at radius 1 is 1.20 bits per heavy atom. The second-order valence-corrected chi connectivity index (χ2v) is 6.54. The molecule has 1 unspecified atom stereocenters. The number of hydrogen-bond acceptors (Lipinski definition) is 1. The molecular weight excluding hydrogens is 317 g/mol. The third-order valence-electron chi connectivity index (χ3n) is 4.06. The molecule has 3 heteroatoms. The Labute approximate surface area is 127 Å². The summed E-state index contributed by atoms with van der Waals surface area (Å²) in [4.78, 5) is 0. The van der Waals surface area contributed by atoms with Crippen molar-refractivity contribution in [1.29, 1.82) is 0 Å². The molecule has 104 valence electrons. The SMILES string of the molecule is NC1(Cc2cc(F)cc(Br)c2)CCCc2ccccc21. The van der Waals surface area contributed by atoms with Gasteiger partial charge in [-0.2, -0.15) is 0 Å². The highest BCUT2D eigenvalue weighted by atomic mass is 79.9. The van der Waals surface area contributed by atoms with Crippen LogP contribution in [0.15, 0.2) is 46.9 Å². The van der Waals surface area contributed by atoms with Gasteiger partial charge < -0.3 is 5.73 Å². The van der Waals surface area contributed by atoms with Crippen molar-refractivity contribution in [2.75, 3.05) is 0 Å². The van der Waals surface area contributed by atoms with E-state index in [1.54, 1.807) is 6.07 Å². The van der Waals surface area contributed by atoms with Crippen molar-refractivity contribution >= 4 is 15.9 Å². The molecule has 0 amide bonds. The summed E-state index contributed by atoms with van der Waals surface area (Å²) < 4.78 is 14.3. The Morgan fingerprint density at radius 3 is 2.80 bits per heavy atom. The first-order valence-electron chi connectivity index (χ1n) is 6.89.